The first-order valence-electron chi connectivity index (χ1n) is 5.75. The largest absolute Gasteiger partial charge is 0.468 e. The first kappa shape index (κ1) is 11.5. The van der Waals surface area contributed by atoms with Crippen LogP contribution in [0.25, 0.3) is 11.0 Å². The Morgan fingerprint density at radius 3 is 3.11 bits per heavy atom. The number of aromatic nitrogens is 3. The number of nitrogens with one attached hydrogen (secondary N) is 2. The molecular formula is C13H12N4O2. The molecule has 0 saturated heterocycles. The van der Waals surface area contributed by atoms with Crippen LogP contribution in [-0.2, 0) is 0 Å². The second-order valence-corrected chi connectivity index (χ2v) is 3.89. The highest BCUT2D eigenvalue weighted by atomic mass is 16.6. The van der Waals surface area contributed by atoms with Gasteiger partial charge in [0.1, 0.15) is 23.5 Å². The number of H-pyrrole nitrogens is 1. The first-order valence-corrected chi connectivity index (χ1v) is 5.75. The molecule has 0 unspecified atom stereocenters. The van der Waals surface area contributed by atoms with E-state index in [0.29, 0.717) is 11.6 Å². The summed E-state index contributed by atoms with van der Waals surface area (Å²) in [4.78, 5) is 11.4. The zero-order valence-electron chi connectivity index (χ0n) is 10.00. The number of aliphatic hydroxyl groups excluding tert-OH is 1. The summed E-state index contributed by atoms with van der Waals surface area (Å²) in [6, 6.07) is 9.20. The molecule has 3 N–H and O–H groups in total. The van der Waals surface area contributed by atoms with Crippen molar-refractivity contribution in [1.82, 2.24) is 15.0 Å². The van der Waals surface area contributed by atoms with Gasteiger partial charge in [-0.05, 0) is 18.2 Å². The van der Waals surface area contributed by atoms with Crippen LogP contribution in [-0.4, -0.2) is 26.9 Å². The summed E-state index contributed by atoms with van der Waals surface area (Å²) in [7, 11) is 0. The molecule has 0 aliphatic rings. The number of aromatic amines is 1. The van der Waals surface area contributed by atoms with Crippen LogP contribution in [0.3, 0.4) is 0 Å². The lowest BCUT2D eigenvalue weighted by Crippen LogP contribution is -1.97. The van der Waals surface area contributed by atoms with Crippen molar-refractivity contribution in [2.45, 2.75) is 0 Å². The van der Waals surface area contributed by atoms with Gasteiger partial charge < -0.3 is 20.1 Å². The Morgan fingerprint density at radius 2 is 2.21 bits per heavy atom. The highest BCUT2D eigenvalue weighted by Gasteiger charge is 2.05. The second-order valence-electron chi connectivity index (χ2n) is 3.89. The van der Waals surface area contributed by atoms with Gasteiger partial charge in [-0.2, -0.15) is 0 Å². The van der Waals surface area contributed by atoms with E-state index in [1.807, 2.05) is 24.4 Å². The Hall–Kier alpha value is -2.60. The van der Waals surface area contributed by atoms with Crippen LogP contribution in [0.4, 0.5) is 11.5 Å². The van der Waals surface area contributed by atoms with Gasteiger partial charge in [-0.25, -0.2) is 9.97 Å². The minimum absolute atomic E-state index is 0.348. The van der Waals surface area contributed by atoms with Crippen molar-refractivity contribution in [3.63, 3.8) is 0 Å². The summed E-state index contributed by atoms with van der Waals surface area (Å²) in [5.74, 6) is 1.30. The Balaban J connectivity index is 1.92. The van der Waals surface area contributed by atoms with Crippen molar-refractivity contribution in [3.8, 4) is 5.75 Å². The number of hydrogen-bond donors (Lipinski definition) is 3. The molecule has 0 aliphatic heterocycles. The van der Waals surface area contributed by atoms with E-state index in [2.05, 4.69) is 20.3 Å². The standard InChI is InChI=1S/C13H12N4O2/c18-8-19-10-3-1-2-9(6-10)17-13-11-4-5-14-12(11)15-7-16-13/h1-7,18H,8H2,(H2,14,15,16,17). The molecule has 6 nitrogen and oxygen atoms in total. The van der Waals surface area contributed by atoms with Gasteiger partial charge in [0.15, 0.2) is 6.79 Å². The highest BCUT2D eigenvalue weighted by molar-refractivity contribution is 5.88. The van der Waals surface area contributed by atoms with E-state index in [-0.39, 0.29) is 6.79 Å². The van der Waals surface area contributed by atoms with E-state index in [1.165, 1.54) is 6.33 Å². The third-order valence-electron chi connectivity index (χ3n) is 2.68. The number of nitrogens with zero attached hydrogens (tertiary/aromatic N) is 2. The number of rotatable bonds is 4. The summed E-state index contributed by atoms with van der Waals surface area (Å²) in [6.45, 7) is -0.348. The van der Waals surface area contributed by atoms with Crippen LogP contribution in [0.1, 0.15) is 0 Å². The fraction of sp³-hybridized carbons (Fsp3) is 0.0769. The molecule has 2 aromatic heterocycles. The smallest absolute Gasteiger partial charge is 0.186 e. The molecule has 0 aliphatic carbocycles. The third-order valence-corrected chi connectivity index (χ3v) is 2.68. The van der Waals surface area contributed by atoms with Crippen molar-refractivity contribution in [1.29, 1.82) is 0 Å². The molecule has 0 amide bonds. The first-order chi connectivity index (χ1) is 9.36. The van der Waals surface area contributed by atoms with Gasteiger partial charge >= 0.3 is 0 Å². The van der Waals surface area contributed by atoms with E-state index in [1.54, 1.807) is 12.1 Å². The van der Waals surface area contributed by atoms with Gasteiger partial charge in [-0.1, -0.05) is 6.07 Å². The van der Waals surface area contributed by atoms with Crippen molar-refractivity contribution in [2.75, 3.05) is 12.1 Å². The van der Waals surface area contributed by atoms with Gasteiger partial charge in [-0.15, -0.1) is 0 Å². The van der Waals surface area contributed by atoms with E-state index in [9.17, 15) is 0 Å². The Labute approximate surface area is 109 Å². The van der Waals surface area contributed by atoms with Gasteiger partial charge in [-0.3, -0.25) is 0 Å². The lowest BCUT2D eigenvalue weighted by atomic mass is 10.3. The van der Waals surface area contributed by atoms with Gasteiger partial charge in [0.2, 0.25) is 0 Å². The topological polar surface area (TPSA) is 83.1 Å². The zero-order chi connectivity index (χ0) is 13.1. The van der Waals surface area contributed by atoms with Crippen LogP contribution in [0, 0.1) is 0 Å². The predicted molar refractivity (Wildman–Crippen MR) is 71.3 cm³/mol. The zero-order valence-corrected chi connectivity index (χ0v) is 10.00. The summed E-state index contributed by atoms with van der Waals surface area (Å²) < 4.78 is 5.03. The SMILES string of the molecule is OCOc1cccc(Nc2ncnc3[nH]ccc23)c1. The Kier molecular flexibility index (Phi) is 2.99. The lowest BCUT2D eigenvalue weighted by molar-refractivity contribution is 0.0986. The molecule has 0 radical (unpaired) electrons. The maximum absolute atomic E-state index is 8.75. The number of hydrogen-bond acceptors (Lipinski definition) is 5. The van der Waals surface area contributed by atoms with E-state index >= 15 is 0 Å². The van der Waals surface area contributed by atoms with E-state index in [4.69, 9.17) is 9.84 Å². The second kappa shape index (κ2) is 4.95. The third kappa shape index (κ3) is 2.34. The Bertz CT molecular complexity index is 696. The minimum Gasteiger partial charge on any atom is -0.468 e. The van der Waals surface area contributed by atoms with Crippen LogP contribution in [0.2, 0.25) is 0 Å². The van der Waals surface area contributed by atoms with Crippen LogP contribution in [0.5, 0.6) is 5.75 Å². The maximum atomic E-state index is 8.75. The van der Waals surface area contributed by atoms with Gasteiger partial charge in [0, 0.05) is 18.0 Å². The molecule has 0 saturated carbocycles. The number of anilines is 2. The fourth-order valence-electron chi connectivity index (χ4n) is 1.85. The average Bonchev–Trinajstić information content (AvgIpc) is 2.89. The molecule has 6 heteroatoms. The molecule has 3 aromatic rings. The molecule has 19 heavy (non-hydrogen) atoms. The summed E-state index contributed by atoms with van der Waals surface area (Å²) in [5, 5.41) is 12.9. The van der Waals surface area contributed by atoms with Crippen molar-refractivity contribution in [2.24, 2.45) is 0 Å². The van der Waals surface area contributed by atoms with E-state index in [0.717, 1.165) is 16.7 Å². The van der Waals surface area contributed by atoms with Crippen LogP contribution >= 0.6 is 0 Å². The monoisotopic (exact) mass is 256 g/mol. The molecular weight excluding hydrogens is 244 g/mol. The summed E-state index contributed by atoms with van der Waals surface area (Å²) in [5.41, 5.74) is 1.60. The predicted octanol–water partition coefficient (Wildman–Crippen LogP) is 2.03. The van der Waals surface area contributed by atoms with Crippen molar-refractivity contribution in [3.05, 3.63) is 42.9 Å². The van der Waals surface area contributed by atoms with Gasteiger partial charge in [0.25, 0.3) is 0 Å². The number of benzene rings is 1. The van der Waals surface area contributed by atoms with Crippen LogP contribution < -0.4 is 10.1 Å². The molecule has 0 spiro atoms. The molecule has 0 fully saturated rings. The molecule has 0 atom stereocenters. The number of aliphatic hydroxyl groups is 1. The fourth-order valence-corrected chi connectivity index (χ4v) is 1.85. The molecule has 2 heterocycles. The minimum atomic E-state index is -0.348. The van der Waals surface area contributed by atoms with Crippen molar-refractivity contribution >= 4 is 22.5 Å². The quantitative estimate of drug-likeness (QED) is 0.622. The van der Waals surface area contributed by atoms with Crippen LogP contribution in [0.15, 0.2) is 42.9 Å². The summed E-state index contributed by atoms with van der Waals surface area (Å²) in [6.07, 6.45) is 3.31. The maximum Gasteiger partial charge on any atom is 0.186 e. The molecule has 96 valence electrons. The average molecular weight is 256 g/mol. The van der Waals surface area contributed by atoms with Crippen molar-refractivity contribution < 1.29 is 9.84 Å². The lowest BCUT2D eigenvalue weighted by Gasteiger charge is -2.08. The molecule has 3 rings (SSSR count). The molecule has 1 aromatic carbocycles. The summed E-state index contributed by atoms with van der Waals surface area (Å²) >= 11 is 0. The van der Waals surface area contributed by atoms with Gasteiger partial charge in [0.05, 0.1) is 5.39 Å². The Morgan fingerprint density at radius 1 is 1.26 bits per heavy atom. The number of ether oxygens (including phenoxy) is 1. The highest BCUT2D eigenvalue weighted by Crippen LogP contribution is 2.24. The van der Waals surface area contributed by atoms with E-state index < -0.39 is 0 Å². The number of fused-ring (bicyclic) bond motifs is 1. The normalized spacial score (nSPS) is 10.6. The molecule has 0 bridgehead atoms.